The van der Waals surface area contributed by atoms with Crippen LogP contribution in [0.25, 0.3) is 10.9 Å². The average molecular weight is 434 g/mol. The number of hydrogen-bond donors (Lipinski definition) is 1. The highest BCUT2D eigenvalue weighted by Gasteiger charge is 2.03. The van der Waals surface area contributed by atoms with Crippen molar-refractivity contribution >= 4 is 49.0 Å². The van der Waals surface area contributed by atoms with Crippen molar-refractivity contribution in [1.29, 1.82) is 0 Å². The van der Waals surface area contributed by atoms with Gasteiger partial charge in [0.25, 0.3) is 0 Å². The second kappa shape index (κ2) is 9.37. The van der Waals surface area contributed by atoms with Gasteiger partial charge in [-0.1, -0.05) is 14.9 Å². The Labute approximate surface area is 144 Å². The van der Waals surface area contributed by atoms with E-state index in [1.165, 1.54) is 6.20 Å². The summed E-state index contributed by atoms with van der Waals surface area (Å²) in [5.41, 5.74) is 0.962. The second-order valence-corrected chi connectivity index (χ2v) is 5.30. The minimum absolute atomic E-state index is 0. The number of fused-ring (bicyclic) bond motifs is 1. The topological polar surface area (TPSA) is 71.5 Å². The first kappa shape index (κ1) is 20.3. The molecule has 0 unspecified atom stereocenters. The highest BCUT2D eigenvalue weighted by molar-refractivity contribution is 9.11. The maximum atomic E-state index is 12.5. The van der Waals surface area contributed by atoms with E-state index in [2.05, 4.69) is 52.0 Å². The molecule has 0 aliphatic rings. The van der Waals surface area contributed by atoms with Crippen molar-refractivity contribution in [2.24, 2.45) is 0 Å². The molecular formula is C14H15Br2FN4O. The molecule has 8 heteroatoms. The number of rotatable bonds is 1. The molecular weight excluding hydrogens is 419 g/mol. The lowest BCUT2D eigenvalue weighted by Gasteiger charge is -1.93. The van der Waals surface area contributed by atoms with Crippen LogP contribution in [0.5, 0.6) is 0 Å². The summed E-state index contributed by atoms with van der Waals surface area (Å²) in [6.07, 6.45) is 8.06. The van der Waals surface area contributed by atoms with Crippen LogP contribution in [0, 0.1) is 5.82 Å². The van der Waals surface area contributed by atoms with Crippen molar-refractivity contribution in [2.45, 2.75) is 14.9 Å². The summed E-state index contributed by atoms with van der Waals surface area (Å²) >= 11 is 6.33. The molecule has 1 N–H and O–H groups in total. The third-order valence-electron chi connectivity index (χ3n) is 2.33. The molecule has 22 heavy (non-hydrogen) atoms. The number of H-pyrrole nitrogens is 1. The largest absolute Gasteiger partial charge is 0.298 e. The lowest BCUT2D eigenvalue weighted by atomic mass is 10.3. The van der Waals surface area contributed by atoms with Crippen molar-refractivity contribution in [3.05, 3.63) is 51.3 Å². The molecule has 0 amide bonds. The molecule has 118 valence electrons. The lowest BCUT2D eigenvalue weighted by Crippen LogP contribution is -1.89. The maximum Gasteiger partial charge on any atom is 0.154 e. The zero-order valence-corrected chi connectivity index (χ0v) is 13.0. The molecule has 0 saturated heterocycles. The van der Waals surface area contributed by atoms with E-state index in [1.54, 1.807) is 18.6 Å². The van der Waals surface area contributed by atoms with Gasteiger partial charge in [-0.2, -0.15) is 5.10 Å². The Kier molecular flexibility index (Phi) is 8.66. The SMILES string of the molecule is Brc1cncc2[nH]ncc12.C.C.O=Cc1c(F)cncc1Br. The number of pyridine rings is 2. The Bertz CT molecular complexity index is 728. The van der Waals surface area contributed by atoms with Crippen LogP contribution in [0.15, 0.2) is 39.9 Å². The Morgan fingerprint density at radius 2 is 1.64 bits per heavy atom. The van der Waals surface area contributed by atoms with Gasteiger partial charge in [0.2, 0.25) is 0 Å². The highest BCUT2D eigenvalue weighted by Crippen LogP contribution is 2.19. The van der Waals surface area contributed by atoms with Crippen LogP contribution in [-0.2, 0) is 0 Å². The molecule has 0 spiro atoms. The zero-order valence-electron chi connectivity index (χ0n) is 9.85. The van der Waals surface area contributed by atoms with Gasteiger partial charge in [-0.25, -0.2) is 4.39 Å². The van der Waals surface area contributed by atoms with Crippen LogP contribution in [0.2, 0.25) is 0 Å². The summed E-state index contributed by atoms with van der Waals surface area (Å²) in [5, 5.41) is 7.75. The normalized spacial score (nSPS) is 9.05. The maximum absolute atomic E-state index is 12.5. The van der Waals surface area contributed by atoms with E-state index in [0.717, 1.165) is 21.6 Å². The summed E-state index contributed by atoms with van der Waals surface area (Å²) in [6, 6.07) is 0. The molecule has 0 aliphatic heterocycles. The van der Waals surface area contributed by atoms with Crippen LogP contribution in [0.4, 0.5) is 4.39 Å². The van der Waals surface area contributed by atoms with Crippen molar-refractivity contribution in [2.75, 3.05) is 0 Å². The number of carbonyl (C=O) groups excluding carboxylic acids is 1. The minimum atomic E-state index is -0.607. The van der Waals surface area contributed by atoms with Gasteiger partial charge in [-0.05, 0) is 31.9 Å². The van der Waals surface area contributed by atoms with E-state index < -0.39 is 5.82 Å². The smallest absolute Gasteiger partial charge is 0.154 e. The van der Waals surface area contributed by atoms with Crippen molar-refractivity contribution in [1.82, 2.24) is 20.2 Å². The number of halogens is 3. The van der Waals surface area contributed by atoms with E-state index in [9.17, 15) is 9.18 Å². The van der Waals surface area contributed by atoms with E-state index in [-0.39, 0.29) is 20.4 Å². The average Bonchev–Trinajstić information content (AvgIpc) is 2.90. The van der Waals surface area contributed by atoms with Crippen LogP contribution in [0.1, 0.15) is 25.2 Å². The van der Waals surface area contributed by atoms with Gasteiger partial charge in [0, 0.05) is 26.7 Å². The summed E-state index contributed by atoms with van der Waals surface area (Å²) in [5.74, 6) is -0.607. The summed E-state index contributed by atoms with van der Waals surface area (Å²) < 4.78 is 13.9. The molecule has 0 bridgehead atoms. The molecule has 0 aliphatic carbocycles. The molecule has 0 fully saturated rings. The number of carbonyl (C=O) groups is 1. The zero-order chi connectivity index (χ0) is 14.5. The molecule has 0 radical (unpaired) electrons. The Hall–Kier alpha value is -1.67. The quantitative estimate of drug-likeness (QED) is 0.560. The molecule has 3 heterocycles. The third kappa shape index (κ3) is 4.67. The van der Waals surface area contributed by atoms with E-state index in [4.69, 9.17) is 0 Å². The first-order valence-electron chi connectivity index (χ1n) is 5.30. The van der Waals surface area contributed by atoms with Gasteiger partial charge in [-0.3, -0.25) is 19.9 Å². The number of aromatic amines is 1. The highest BCUT2D eigenvalue weighted by atomic mass is 79.9. The van der Waals surface area contributed by atoms with Crippen molar-refractivity contribution < 1.29 is 9.18 Å². The number of aldehydes is 1. The van der Waals surface area contributed by atoms with Crippen molar-refractivity contribution in [3.63, 3.8) is 0 Å². The summed E-state index contributed by atoms with van der Waals surface area (Å²) in [4.78, 5) is 17.6. The number of nitrogens with one attached hydrogen (secondary N) is 1. The first-order valence-corrected chi connectivity index (χ1v) is 6.89. The van der Waals surface area contributed by atoms with E-state index in [0.29, 0.717) is 10.8 Å². The number of aromatic nitrogens is 4. The molecule has 3 rings (SSSR count). The fourth-order valence-electron chi connectivity index (χ4n) is 1.37. The number of nitrogens with zero attached hydrogens (tertiary/aromatic N) is 3. The molecule has 0 saturated carbocycles. The van der Waals surface area contributed by atoms with E-state index >= 15 is 0 Å². The van der Waals surface area contributed by atoms with Crippen LogP contribution >= 0.6 is 31.9 Å². The van der Waals surface area contributed by atoms with Gasteiger partial charge in [0.05, 0.1) is 29.7 Å². The Morgan fingerprint density at radius 1 is 1.00 bits per heavy atom. The standard InChI is InChI=1S/C6H3BrFNO.C6H4BrN3.2CH4/c7-5-1-9-2-6(8)4(5)3-10;7-5-2-8-3-6-4(5)1-9-10-6;;/h1-3H;1-3H,(H,9,10);2*1H4. The Morgan fingerprint density at radius 3 is 2.18 bits per heavy atom. The second-order valence-electron chi connectivity index (χ2n) is 3.59. The van der Waals surface area contributed by atoms with Gasteiger partial charge >= 0.3 is 0 Å². The fourth-order valence-corrected chi connectivity index (χ4v) is 2.20. The Balaban J connectivity index is 0.000000367. The summed E-state index contributed by atoms with van der Waals surface area (Å²) in [6.45, 7) is 0. The third-order valence-corrected chi connectivity index (χ3v) is 3.59. The fraction of sp³-hybridized carbons (Fsp3) is 0.143. The molecule has 5 nitrogen and oxygen atoms in total. The van der Waals surface area contributed by atoms with Gasteiger partial charge in [-0.15, -0.1) is 0 Å². The van der Waals surface area contributed by atoms with Crippen LogP contribution < -0.4 is 0 Å². The first-order chi connectivity index (χ1) is 9.63. The van der Waals surface area contributed by atoms with Crippen LogP contribution in [0.3, 0.4) is 0 Å². The monoisotopic (exact) mass is 432 g/mol. The van der Waals surface area contributed by atoms with Crippen molar-refractivity contribution in [3.8, 4) is 0 Å². The number of hydrogen-bond acceptors (Lipinski definition) is 4. The predicted molar refractivity (Wildman–Crippen MR) is 92.3 cm³/mol. The van der Waals surface area contributed by atoms with Gasteiger partial charge in [0.15, 0.2) is 12.1 Å². The summed E-state index contributed by atoms with van der Waals surface area (Å²) in [7, 11) is 0. The van der Waals surface area contributed by atoms with E-state index in [1.807, 2.05) is 0 Å². The molecule has 0 atom stereocenters. The minimum Gasteiger partial charge on any atom is -0.298 e. The molecule has 3 aromatic heterocycles. The lowest BCUT2D eigenvalue weighted by molar-refractivity contribution is 0.111. The van der Waals surface area contributed by atoms with Crippen LogP contribution in [-0.4, -0.2) is 26.5 Å². The molecule has 0 aromatic carbocycles. The van der Waals surface area contributed by atoms with Gasteiger partial charge in [0.1, 0.15) is 0 Å². The van der Waals surface area contributed by atoms with Gasteiger partial charge < -0.3 is 0 Å². The molecule has 3 aromatic rings. The predicted octanol–water partition coefficient (Wildman–Crippen LogP) is 4.79.